The fourth-order valence-electron chi connectivity index (χ4n) is 2.33. The number of hydrogen-bond donors (Lipinski definition) is 1. The number of ether oxygens (including phenoxy) is 1. The zero-order valence-electron chi connectivity index (χ0n) is 10.0. The lowest BCUT2D eigenvalue weighted by molar-refractivity contribution is 0.0487. The molecule has 0 amide bonds. The number of rotatable bonds is 2. The summed E-state index contributed by atoms with van der Waals surface area (Å²) in [6.07, 6.45) is -0.154. The highest BCUT2D eigenvalue weighted by Gasteiger charge is 2.30. The van der Waals surface area contributed by atoms with E-state index < -0.39 is 6.10 Å². The van der Waals surface area contributed by atoms with Crippen LogP contribution in [0.1, 0.15) is 17.2 Å². The fraction of sp³-hybridized carbons (Fsp3) is 0.200. The van der Waals surface area contributed by atoms with Gasteiger partial charge in [0.1, 0.15) is 18.0 Å². The molecule has 0 radical (unpaired) electrons. The van der Waals surface area contributed by atoms with Gasteiger partial charge in [-0.1, -0.05) is 50.1 Å². The third-order valence-corrected chi connectivity index (χ3v) is 4.52. The van der Waals surface area contributed by atoms with E-state index >= 15 is 0 Å². The molecular formula is C15H12Br2O2. The van der Waals surface area contributed by atoms with Crippen LogP contribution in [0.5, 0.6) is 5.75 Å². The highest BCUT2D eigenvalue weighted by molar-refractivity contribution is 9.11. The monoisotopic (exact) mass is 382 g/mol. The maximum Gasteiger partial charge on any atom is 0.133 e. The molecule has 2 nitrogen and oxygen atoms in total. The summed E-state index contributed by atoms with van der Waals surface area (Å²) in [5, 5.41) is 10.5. The number of aliphatic hydroxyl groups is 1. The minimum absolute atomic E-state index is 0.233. The van der Waals surface area contributed by atoms with Crippen molar-refractivity contribution in [2.75, 3.05) is 0 Å². The van der Waals surface area contributed by atoms with Crippen molar-refractivity contribution in [2.24, 2.45) is 0 Å². The van der Waals surface area contributed by atoms with E-state index in [1.165, 1.54) is 0 Å². The number of para-hydroxylation sites is 1. The molecule has 0 saturated heterocycles. The van der Waals surface area contributed by atoms with Gasteiger partial charge >= 0.3 is 0 Å². The smallest absolute Gasteiger partial charge is 0.133 e. The second-order valence-electron chi connectivity index (χ2n) is 4.58. The van der Waals surface area contributed by atoms with Crippen molar-refractivity contribution >= 4 is 31.9 Å². The molecule has 98 valence electrons. The van der Waals surface area contributed by atoms with E-state index in [0.29, 0.717) is 0 Å². The quantitative estimate of drug-likeness (QED) is 0.839. The van der Waals surface area contributed by atoms with Crippen LogP contribution in [0.3, 0.4) is 0 Å². The lowest BCUT2D eigenvalue weighted by Gasteiger charge is -2.19. The average Bonchev–Trinajstić information content (AvgIpc) is 2.84. The molecule has 2 unspecified atom stereocenters. The van der Waals surface area contributed by atoms with Crippen molar-refractivity contribution < 1.29 is 9.84 Å². The fourth-order valence-corrected chi connectivity index (χ4v) is 3.19. The van der Waals surface area contributed by atoms with Gasteiger partial charge in [-0.25, -0.2) is 0 Å². The maximum absolute atomic E-state index is 10.5. The molecule has 4 heteroatoms. The summed E-state index contributed by atoms with van der Waals surface area (Å²) in [6.45, 7) is 0. The topological polar surface area (TPSA) is 29.5 Å². The van der Waals surface area contributed by atoms with Crippen molar-refractivity contribution in [3.05, 3.63) is 62.5 Å². The number of hydrogen-bond acceptors (Lipinski definition) is 2. The van der Waals surface area contributed by atoms with Crippen LogP contribution in [0.2, 0.25) is 0 Å². The summed E-state index contributed by atoms with van der Waals surface area (Å²) in [6, 6.07) is 13.7. The van der Waals surface area contributed by atoms with Gasteiger partial charge in [0.2, 0.25) is 0 Å². The van der Waals surface area contributed by atoms with Crippen LogP contribution in [-0.4, -0.2) is 11.2 Å². The highest BCUT2D eigenvalue weighted by Crippen LogP contribution is 2.36. The Kier molecular flexibility index (Phi) is 3.65. The molecule has 0 saturated carbocycles. The minimum atomic E-state index is -0.653. The van der Waals surface area contributed by atoms with Crippen molar-refractivity contribution in [1.82, 2.24) is 0 Å². The first-order chi connectivity index (χ1) is 9.15. The second kappa shape index (κ2) is 5.27. The molecule has 0 aromatic heterocycles. The molecule has 0 fully saturated rings. The van der Waals surface area contributed by atoms with E-state index in [1.54, 1.807) is 0 Å². The normalized spacial score (nSPS) is 18.8. The molecule has 1 aliphatic heterocycles. The van der Waals surface area contributed by atoms with Crippen LogP contribution in [0.15, 0.2) is 51.4 Å². The van der Waals surface area contributed by atoms with Crippen LogP contribution >= 0.6 is 31.9 Å². The van der Waals surface area contributed by atoms with Gasteiger partial charge in [-0.2, -0.15) is 0 Å². The first-order valence-electron chi connectivity index (χ1n) is 6.03. The van der Waals surface area contributed by atoms with E-state index in [1.807, 2.05) is 42.5 Å². The Bertz CT molecular complexity index is 588. The zero-order chi connectivity index (χ0) is 13.4. The van der Waals surface area contributed by atoms with Crippen LogP contribution in [0.25, 0.3) is 0 Å². The lowest BCUT2D eigenvalue weighted by atomic mass is 10.0. The summed E-state index contributed by atoms with van der Waals surface area (Å²) in [5.41, 5.74) is 1.99. The van der Waals surface area contributed by atoms with Crippen molar-refractivity contribution in [2.45, 2.75) is 18.6 Å². The van der Waals surface area contributed by atoms with E-state index in [-0.39, 0.29) is 6.10 Å². The van der Waals surface area contributed by atoms with Gasteiger partial charge in [-0.3, -0.25) is 0 Å². The second-order valence-corrected chi connectivity index (χ2v) is 6.35. The predicted molar refractivity (Wildman–Crippen MR) is 81.4 cm³/mol. The summed E-state index contributed by atoms with van der Waals surface area (Å²) in [5.74, 6) is 0.873. The Labute approximate surface area is 128 Å². The van der Waals surface area contributed by atoms with Gasteiger partial charge in [0, 0.05) is 15.4 Å². The van der Waals surface area contributed by atoms with Gasteiger partial charge in [0.15, 0.2) is 0 Å². The highest BCUT2D eigenvalue weighted by atomic mass is 79.9. The van der Waals surface area contributed by atoms with Crippen molar-refractivity contribution in [1.29, 1.82) is 0 Å². The molecule has 1 heterocycles. The van der Waals surface area contributed by atoms with Gasteiger partial charge in [0.05, 0.1) is 0 Å². The SMILES string of the molecule is OC(c1cc(Br)ccc1Br)C1Cc2ccccc2O1. The third kappa shape index (κ3) is 2.57. The van der Waals surface area contributed by atoms with Gasteiger partial charge in [-0.15, -0.1) is 0 Å². The van der Waals surface area contributed by atoms with E-state index in [0.717, 1.165) is 32.2 Å². The molecule has 2 aromatic carbocycles. The van der Waals surface area contributed by atoms with Crippen molar-refractivity contribution in [3.63, 3.8) is 0 Å². The number of aliphatic hydroxyl groups excluding tert-OH is 1. The standard InChI is InChI=1S/C15H12Br2O2/c16-10-5-6-12(17)11(8-10)15(18)14-7-9-3-1-2-4-13(9)19-14/h1-6,8,14-15,18H,7H2. The first-order valence-corrected chi connectivity index (χ1v) is 7.61. The van der Waals surface area contributed by atoms with Crippen LogP contribution in [-0.2, 0) is 6.42 Å². The zero-order valence-corrected chi connectivity index (χ0v) is 13.2. The molecule has 1 N–H and O–H groups in total. The van der Waals surface area contributed by atoms with Crippen LogP contribution in [0.4, 0.5) is 0 Å². The molecular weight excluding hydrogens is 372 g/mol. The van der Waals surface area contributed by atoms with Gasteiger partial charge in [0.25, 0.3) is 0 Å². The van der Waals surface area contributed by atoms with Crippen LogP contribution in [0, 0.1) is 0 Å². The molecule has 3 rings (SSSR count). The molecule has 0 bridgehead atoms. The molecule has 1 aliphatic rings. The predicted octanol–water partition coefficient (Wildman–Crippen LogP) is 4.25. The average molecular weight is 384 g/mol. The number of benzene rings is 2. The molecule has 2 aromatic rings. The molecule has 0 aliphatic carbocycles. The molecule has 19 heavy (non-hydrogen) atoms. The van der Waals surface area contributed by atoms with Crippen molar-refractivity contribution in [3.8, 4) is 5.75 Å². The minimum Gasteiger partial charge on any atom is -0.487 e. The summed E-state index contributed by atoms with van der Waals surface area (Å²) < 4.78 is 7.67. The van der Waals surface area contributed by atoms with Gasteiger partial charge in [-0.05, 0) is 35.4 Å². The van der Waals surface area contributed by atoms with E-state index in [4.69, 9.17) is 4.74 Å². The Morgan fingerprint density at radius 3 is 2.74 bits per heavy atom. The summed E-state index contributed by atoms with van der Waals surface area (Å²) in [7, 11) is 0. The Hall–Kier alpha value is -0.840. The first kappa shape index (κ1) is 13.2. The third-order valence-electron chi connectivity index (χ3n) is 3.30. The summed E-state index contributed by atoms with van der Waals surface area (Å²) in [4.78, 5) is 0. The molecule has 0 spiro atoms. The Morgan fingerprint density at radius 2 is 1.95 bits per heavy atom. The van der Waals surface area contributed by atoms with Crippen LogP contribution < -0.4 is 4.74 Å². The lowest BCUT2D eigenvalue weighted by Crippen LogP contribution is -2.23. The molecule has 2 atom stereocenters. The Morgan fingerprint density at radius 1 is 1.16 bits per heavy atom. The largest absolute Gasteiger partial charge is 0.487 e. The van der Waals surface area contributed by atoms with E-state index in [9.17, 15) is 5.11 Å². The number of halogens is 2. The Balaban J connectivity index is 1.87. The number of fused-ring (bicyclic) bond motifs is 1. The van der Waals surface area contributed by atoms with Gasteiger partial charge < -0.3 is 9.84 Å². The maximum atomic E-state index is 10.5. The summed E-state index contributed by atoms with van der Waals surface area (Å²) >= 11 is 6.91. The van der Waals surface area contributed by atoms with E-state index in [2.05, 4.69) is 31.9 Å².